The van der Waals surface area contributed by atoms with E-state index in [1.807, 2.05) is 0 Å². The first-order chi connectivity index (χ1) is 6.75. The van der Waals surface area contributed by atoms with Crippen LogP contribution in [0.4, 0.5) is 0 Å². The van der Waals surface area contributed by atoms with E-state index in [4.69, 9.17) is 4.74 Å². The first kappa shape index (κ1) is 11.1. The second-order valence-corrected chi connectivity index (χ2v) is 6.58. The number of rotatable bonds is 3. The van der Waals surface area contributed by atoms with Crippen molar-refractivity contribution in [3.8, 4) is 0 Å². The third kappa shape index (κ3) is 2.79. The zero-order valence-corrected chi connectivity index (χ0v) is 11.5. The van der Waals surface area contributed by atoms with Crippen molar-refractivity contribution >= 4 is 43.2 Å². The summed E-state index contributed by atoms with van der Waals surface area (Å²) in [6.07, 6.45) is 1.13. The van der Waals surface area contributed by atoms with E-state index in [1.54, 1.807) is 11.3 Å². The number of halogens is 2. The smallest absolute Gasteiger partial charge is 0.0843 e. The highest BCUT2D eigenvalue weighted by Crippen LogP contribution is 2.32. The predicted molar refractivity (Wildman–Crippen MR) is 65.8 cm³/mol. The fraction of sp³-hybridized carbons (Fsp3) is 0.556. The molecule has 2 nitrogen and oxygen atoms in total. The van der Waals surface area contributed by atoms with Crippen molar-refractivity contribution in [3.63, 3.8) is 0 Å². The maximum Gasteiger partial charge on any atom is 0.0843 e. The zero-order chi connectivity index (χ0) is 9.97. The van der Waals surface area contributed by atoms with Crippen molar-refractivity contribution in [1.82, 2.24) is 5.32 Å². The molecule has 14 heavy (non-hydrogen) atoms. The van der Waals surface area contributed by atoms with Gasteiger partial charge in [-0.25, -0.2) is 0 Å². The number of thiophene rings is 1. The molecule has 0 radical (unpaired) electrons. The summed E-state index contributed by atoms with van der Waals surface area (Å²) in [7, 11) is 0. The summed E-state index contributed by atoms with van der Waals surface area (Å²) in [5.74, 6) is 0. The highest BCUT2D eigenvalue weighted by atomic mass is 79.9. The van der Waals surface area contributed by atoms with Crippen LogP contribution in [0.2, 0.25) is 0 Å². The molecule has 1 aromatic heterocycles. The van der Waals surface area contributed by atoms with E-state index < -0.39 is 0 Å². The number of hydrogen-bond donors (Lipinski definition) is 1. The van der Waals surface area contributed by atoms with Crippen LogP contribution in [-0.4, -0.2) is 19.3 Å². The van der Waals surface area contributed by atoms with Crippen LogP contribution in [0.1, 0.15) is 11.3 Å². The Morgan fingerprint density at radius 3 is 3.00 bits per heavy atom. The minimum absolute atomic E-state index is 0.537. The Hall–Kier alpha value is 0.580. The molecule has 0 bridgehead atoms. The normalized spacial score (nSPS) is 21.7. The third-order valence-electron chi connectivity index (χ3n) is 2.19. The van der Waals surface area contributed by atoms with Gasteiger partial charge >= 0.3 is 0 Å². The van der Waals surface area contributed by atoms with Crippen LogP contribution in [0.15, 0.2) is 14.3 Å². The first-order valence-electron chi connectivity index (χ1n) is 4.50. The van der Waals surface area contributed by atoms with Crippen LogP contribution in [0.3, 0.4) is 0 Å². The van der Waals surface area contributed by atoms with Crippen molar-refractivity contribution in [2.24, 2.45) is 0 Å². The Kier molecular flexibility index (Phi) is 4.01. The maximum atomic E-state index is 5.30. The number of nitrogens with one attached hydrogen (secondary N) is 1. The minimum Gasteiger partial charge on any atom is -0.380 e. The van der Waals surface area contributed by atoms with Gasteiger partial charge in [-0.15, -0.1) is 11.3 Å². The zero-order valence-electron chi connectivity index (χ0n) is 7.56. The van der Waals surface area contributed by atoms with Gasteiger partial charge in [0.2, 0.25) is 0 Å². The van der Waals surface area contributed by atoms with Gasteiger partial charge in [-0.1, -0.05) is 0 Å². The minimum atomic E-state index is 0.537. The standard InChI is InChI=1S/C9H11Br2NOS/c10-8-3-7(14-9(8)11)4-12-6-1-2-13-5-6/h3,6,12H,1-2,4-5H2. The molecule has 0 aliphatic carbocycles. The van der Waals surface area contributed by atoms with Crippen molar-refractivity contribution in [2.45, 2.75) is 19.0 Å². The Balaban J connectivity index is 1.85. The summed E-state index contributed by atoms with van der Waals surface area (Å²) in [5.41, 5.74) is 0. The second kappa shape index (κ2) is 5.07. The first-order valence-corrected chi connectivity index (χ1v) is 6.91. The van der Waals surface area contributed by atoms with Gasteiger partial charge < -0.3 is 10.1 Å². The largest absolute Gasteiger partial charge is 0.380 e. The fourth-order valence-corrected chi connectivity index (χ4v) is 3.55. The summed E-state index contributed by atoms with van der Waals surface area (Å²) in [6.45, 7) is 2.69. The van der Waals surface area contributed by atoms with Crippen molar-refractivity contribution < 1.29 is 4.74 Å². The molecule has 1 aliphatic rings. The van der Waals surface area contributed by atoms with Gasteiger partial charge in [0.1, 0.15) is 0 Å². The van der Waals surface area contributed by atoms with E-state index in [1.165, 1.54) is 4.88 Å². The van der Waals surface area contributed by atoms with Crippen LogP contribution in [-0.2, 0) is 11.3 Å². The van der Waals surface area contributed by atoms with Crippen molar-refractivity contribution in [2.75, 3.05) is 13.2 Å². The van der Waals surface area contributed by atoms with Gasteiger partial charge in [0.25, 0.3) is 0 Å². The number of hydrogen-bond acceptors (Lipinski definition) is 3. The van der Waals surface area contributed by atoms with E-state index in [-0.39, 0.29) is 0 Å². The lowest BCUT2D eigenvalue weighted by atomic mass is 10.2. The average Bonchev–Trinajstić information content (AvgIpc) is 2.74. The van der Waals surface area contributed by atoms with Crippen LogP contribution >= 0.6 is 43.2 Å². The van der Waals surface area contributed by atoms with E-state index in [0.29, 0.717) is 6.04 Å². The molecule has 0 amide bonds. The summed E-state index contributed by atoms with van der Waals surface area (Å²) >= 11 is 8.73. The molecule has 5 heteroatoms. The molecule has 1 atom stereocenters. The molecular formula is C9H11Br2NOS. The van der Waals surface area contributed by atoms with Gasteiger partial charge in [0, 0.05) is 28.5 Å². The van der Waals surface area contributed by atoms with E-state index >= 15 is 0 Å². The van der Waals surface area contributed by atoms with Gasteiger partial charge in [-0.05, 0) is 44.3 Å². The molecule has 1 unspecified atom stereocenters. The molecule has 1 saturated heterocycles. The molecule has 2 heterocycles. The van der Waals surface area contributed by atoms with Crippen LogP contribution < -0.4 is 5.32 Å². The molecule has 2 rings (SSSR count). The van der Waals surface area contributed by atoms with Crippen molar-refractivity contribution in [3.05, 3.63) is 19.2 Å². The van der Waals surface area contributed by atoms with E-state index in [9.17, 15) is 0 Å². The lowest BCUT2D eigenvalue weighted by molar-refractivity contribution is 0.190. The highest BCUT2D eigenvalue weighted by molar-refractivity contribution is 9.13. The molecule has 0 spiro atoms. The number of ether oxygens (including phenoxy) is 1. The molecule has 1 aromatic rings. The molecular weight excluding hydrogens is 330 g/mol. The van der Waals surface area contributed by atoms with Gasteiger partial charge in [-0.3, -0.25) is 0 Å². The highest BCUT2D eigenvalue weighted by Gasteiger charge is 2.15. The summed E-state index contributed by atoms with van der Waals surface area (Å²) in [6, 6.07) is 2.69. The maximum absolute atomic E-state index is 5.30. The van der Waals surface area contributed by atoms with Crippen LogP contribution in [0, 0.1) is 0 Å². The predicted octanol–water partition coefficient (Wildman–Crippen LogP) is 3.15. The third-order valence-corrected chi connectivity index (χ3v) is 5.45. The molecule has 0 aromatic carbocycles. The Morgan fingerprint density at radius 1 is 1.57 bits per heavy atom. The fourth-order valence-electron chi connectivity index (χ4n) is 1.42. The summed E-state index contributed by atoms with van der Waals surface area (Å²) in [4.78, 5) is 1.34. The molecule has 78 valence electrons. The average molecular weight is 341 g/mol. The molecule has 1 fully saturated rings. The van der Waals surface area contributed by atoms with Crippen LogP contribution in [0.5, 0.6) is 0 Å². The Morgan fingerprint density at radius 2 is 2.43 bits per heavy atom. The molecule has 1 N–H and O–H groups in total. The van der Waals surface area contributed by atoms with Gasteiger partial charge in [0.05, 0.1) is 10.4 Å². The topological polar surface area (TPSA) is 21.3 Å². The summed E-state index contributed by atoms with van der Waals surface area (Å²) in [5, 5.41) is 3.48. The molecule has 0 saturated carbocycles. The quantitative estimate of drug-likeness (QED) is 0.912. The van der Waals surface area contributed by atoms with Gasteiger partial charge in [0.15, 0.2) is 0 Å². The van der Waals surface area contributed by atoms with E-state index in [2.05, 4.69) is 43.2 Å². The van der Waals surface area contributed by atoms with Gasteiger partial charge in [-0.2, -0.15) is 0 Å². The second-order valence-electron chi connectivity index (χ2n) is 3.28. The lowest BCUT2D eigenvalue weighted by Crippen LogP contribution is -2.28. The summed E-state index contributed by atoms with van der Waals surface area (Å²) < 4.78 is 7.60. The molecule has 1 aliphatic heterocycles. The van der Waals surface area contributed by atoms with Crippen LogP contribution in [0.25, 0.3) is 0 Å². The monoisotopic (exact) mass is 339 g/mol. The Bertz CT molecular complexity index is 290. The Labute approximate surface area is 104 Å². The van der Waals surface area contributed by atoms with Crippen molar-refractivity contribution in [1.29, 1.82) is 0 Å². The lowest BCUT2D eigenvalue weighted by Gasteiger charge is -2.08. The SMILES string of the molecule is Brc1cc(CNC2CCOC2)sc1Br. The van der Waals surface area contributed by atoms with E-state index in [0.717, 1.165) is 34.4 Å².